The summed E-state index contributed by atoms with van der Waals surface area (Å²) in [5.74, 6) is -0.384. The largest absolute Gasteiger partial charge is 0.325 e. The molecule has 0 aliphatic rings. The van der Waals surface area contributed by atoms with Gasteiger partial charge in [0.15, 0.2) is 0 Å². The number of nitrogens with one attached hydrogen (secondary N) is 1. The fraction of sp³-hybridized carbons (Fsp3) is 0.0455. The minimum absolute atomic E-state index is 0.0428. The summed E-state index contributed by atoms with van der Waals surface area (Å²) in [4.78, 5) is 12.9. The second kappa shape index (κ2) is 7.42. The minimum atomic E-state index is -0.341. The summed E-state index contributed by atoms with van der Waals surface area (Å²) < 4.78 is 0. The Labute approximate surface area is 142 Å². The highest BCUT2D eigenvalue weighted by Crippen LogP contribution is 2.26. The first-order chi connectivity index (χ1) is 11.8. The Kier molecular flexibility index (Phi) is 4.87. The molecular formula is C22H19NO. The highest BCUT2D eigenvalue weighted by molar-refractivity contribution is 5.98. The Hall–Kier alpha value is -3.13. The van der Waals surface area contributed by atoms with Crippen LogP contribution in [0.5, 0.6) is 0 Å². The SMILES string of the molecule is C=Cc1ccc(NC(=O)C(c2ccccc2)c2ccccc2)cc1. The van der Waals surface area contributed by atoms with Crippen LogP contribution in [0, 0.1) is 0 Å². The van der Waals surface area contributed by atoms with Crippen LogP contribution < -0.4 is 5.32 Å². The Balaban J connectivity index is 1.90. The fourth-order valence-electron chi connectivity index (χ4n) is 2.70. The van der Waals surface area contributed by atoms with Gasteiger partial charge >= 0.3 is 0 Å². The first-order valence-electron chi connectivity index (χ1n) is 7.91. The maximum absolute atomic E-state index is 12.9. The van der Waals surface area contributed by atoms with Gasteiger partial charge in [0, 0.05) is 5.69 Å². The molecule has 1 N–H and O–H groups in total. The monoisotopic (exact) mass is 313 g/mol. The second-order valence-electron chi connectivity index (χ2n) is 5.57. The van der Waals surface area contributed by atoms with Crippen LogP contribution in [0.1, 0.15) is 22.6 Å². The zero-order valence-corrected chi connectivity index (χ0v) is 13.4. The van der Waals surface area contributed by atoms with Crippen LogP contribution in [0.15, 0.2) is 91.5 Å². The van der Waals surface area contributed by atoms with Crippen molar-refractivity contribution in [3.63, 3.8) is 0 Å². The lowest BCUT2D eigenvalue weighted by molar-refractivity contribution is -0.116. The Bertz CT molecular complexity index is 768. The molecule has 0 bridgehead atoms. The van der Waals surface area contributed by atoms with E-state index in [0.717, 1.165) is 22.4 Å². The van der Waals surface area contributed by atoms with Gasteiger partial charge in [-0.2, -0.15) is 0 Å². The van der Waals surface area contributed by atoms with Gasteiger partial charge in [0.05, 0.1) is 5.92 Å². The molecule has 24 heavy (non-hydrogen) atoms. The average Bonchev–Trinajstić information content (AvgIpc) is 2.64. The third kappa shape index (κ3) is 3.61. The van der Waals surface area contributed by atoms with E-state index in [1.54, 1.807) is 6.08 Å². The number of carbonyl (C=O) groups is 1. The van der Waals surface area contributed by atoms with Crippen molar-refractivity contribution in [2.24, 2.45) is 0 Å². The van der Waals surface area contributed by atoms with Crippen LogP contribution >= 0.6 is 0 Å². The molecule has 0 spiro atoms. The number of hydrogen-bond acceptors (Lipinski definition) is 1. The topological polar surface area (TPSA) is 29.1 Å². The zero-order valence-electron chi connectivity index (χ0n) is 13.4. The maximum Gasteiger partial charge on any atom is 0.236 e. The van der Waals surface area contributed by atoms with Gasteiger partial charge in [-0.3, -0.25) is 4.79 Å². The lowest BCUT2D eigenvalue weighted by Crippen LogP contribution is -2.22. The average molecular weight is 313 g/mol. The van der Waals surface area contributed by atoms with Gasteiger partial charge < -0.3 is 5.32 Å². The summed E-state index contributed by atoms with van der Waals surface area (Å²) in [5.41, 5.74) is 3.76. The molecule has 2 nitrogen and oxygen atoms in total. The van der Waals surface area contributed by atoms with Crippen LogP contribution in [0.25, 0.3) is 6.08 Å². The molecule has 0 saturated heterocycles. The van der Waals surface area contributed by atoms with Gasteiger partial charge in [-0.25, -0.2) is 0 Å². The smallest absolute Gasteiger partial charge is 0.236 e. The summed E-state index contributed by atoms with van der Waals surface area (Å²) >= 11 is 0. The van der Waals surface area contributed by atoms with Crippen molar-refractivity contribution in [2.45, 2.75) is 5.92 Å². The Morgan fingerprint density at radius 1 is 0.792 bits per heavy atom. The van der Waals surface area contributed by atoms with E-state index in [1.807, 2.05) is 84.9 Å². The zero-order chi connectivity index (χ0) is 16.8. The molecule has 3 aromatic rings. The van der Waals surface area contributed by atoms with Gasteiger partial charge in [-0.05, 0) is 28.8 Å². The van der Waals surface area contributed by atoms with Crippen molar-refractivity contribution in [3.05, 3.63) is 108 Å². The third-order valence-corrected chi connectivity index (χ3v) is 3.94. The van der Waals surface area contributed by atoms with E-state index >= 15 is 0 Å². The predicted octanol–water partition coefficient (Wildman–Crippen LogP) is 5.10. The molecule has 1 amide bonds. The molecular weight excluding hydrogens is 294 g/mol. The van der Waals surface area contributed by atoms with Crippen molar-refractivity contribution in [3.8, 4) is 0 Å². The highest BCUT2D eigenvalue weighted by Gasteiger charge is 2.22. The number of rotatable bonds is 5. The van der Waals surface area contributed by atoms with E-state index in [4.69, 9.17) is 0 Å². The minimum Gasteiger partial charge on any atom is -0.325 e. The number of anilines is 1. The Morgan fingerprint density at radius 3 is 1.75 bits per heavy atom. The molecule has 118 valence electrons. The first-order valence-corrected chi connectivity index (χ1v) is 7.91. The molecule has 0 saturated carbocycles. The molecule has 3 rings (SSSR count). The van der Waals surface area contributed by atoms with Gasteiger partial charge in [0.1, 0.15) is 0 Å². The molecule has 3 aromatic carbocycles. The molecule has 0 radical (unpaired) electrons. The summed E-state index contributed by atoms with van der Waals surface area (Å²) in [6, 6.07) is 27.3. The van der Waals surface area contributed by atoms with Crippen molar-refractivity contribution in [1.82, 2.24) is 0 Å². The predicted molar refractivity (Wildman–Crippen MR) is 99.9 cm³/mol. The summed E-state index contributed by atoms with van der Waals surface area (Å²) in [6.45, 7) is 3.74. The van der Waals surface area contributed by atoms with Crippen molar-refractivity contribution in [1.29, 1.82) is 0 Å². The summed E-state index contributed by atoms with van der Waals surface area (Å²) in [5, 5.41) is 3.02. The number of carbonyl (C=O) groups excluding carboxylic acids is 1. The molecule has 0 aliphatic heterocycles. The van der Waals surface area contributed by atoms with Gasteiger partial charge in [0.25, 0.3) is 0 Å². The normalized spacial score (nSPS) is 10.4. The Morgan fingerprint density at radius 2 is 1.29 bits per heavy atom. The summed E-state index contributed by atoms with van der Waals surface area (Å²) in [6.07, 6.45) is 1.78. The number of hydrogen-bond donors (Lipinski definition) is 1. The summed E-state index contributed by atoms with van der Waals surface area (Å²) in [7, 11) is 0. The molecule has 0 heterocycles. The quantitative estimate of drug-likeness (QED) is 0.697. The second-order valence-corrected chi connectivity index (χ2v) is 5.57. The fourth-order valence-corrected chi connectivity index (χ4v) is 2.70. The van der Waals surface area contributed by atoms with Crippen molar-refractivity contribution < 1.29 is 4.79 Å². The van der Waals surface area contributed by atoms with Gasteiger partial charge in [-0.1, -0.05) is 85.5 Å². The number of amides is 1. The van der Waals surface area contributed by atoms with E-state index in [0.29, 0.717) is 0 Å². The van der Waals surface area contributed by atoms with Crippen molar-refractivity contribution >= 4 is 17.7 Å². The number of benzene rings is 3. The molecule has 0 atom stereocenters. The van der Waals surface area contributed by atoms with Crippen LogP contribution in [0.4, 0.5) is 5.69 Å². The molecule has 0 unspecified atom stereocenters. The van der Waals surface area contributed by atoms with E-state index < -0.39 is 0 Å². The van der Waals surface area contributed by atoms with E-state index in [-0.39, 0.29) is 11.8 Å². The lowest BCUT2D eigenvalue weighted by Gasteiger charge is -2.18. The van der Waals surface area contributed by atoms with Gasteiger partial charge in [0.2, 0.25) is 5.91 Å². The van der Waals surface area contributed by atoms with E-state index in [2.05, 4.69) is 11.9 Å². The van der Waals surface area contributed by atoms with E-state index in [9.17, 15) is 4.79 Å². The van der Waals surface area contributed by atoms with Crippen LogP contribution in [-0.2, 0) is 4.79 Å². The standard InChI is InChI=1S/C22H19NO/c1-2-17-13-15-20(16-14-17)23-22(24)21(18-9-5-3-6-10-18)19-11-7-4-8-12-19/h2-16,21H,1H2,(H,23,24). The van der Waals surface area contributed by atoms with Crippen molar-refractivity contribution in [2.75, 3.05) is 5.32 Å². The maximum atomic E-state index is 12.9. The van der Waals surface area contributed by atoms with Crippen LogP contribution in [-0.4, -0.2) is 5.91 Å². The molecule has 0 fully saturated rings. The molecule has 0 aromatic heterocycles. The van der Waals surface area contributed by atoms with Gasteiger partial charge in [-0.15, -0.1) is 0 Å². The molecule has 2 heteroatoms. The molecule has 0 aliphatic carbocycles. The lowest BCUT2D eigenvalue weighted by atomic mass is 9.90. The van der Waals surface area contributed by atoms with Crippen LogP contribution in [0.2, 0.25) is 0 Å². The van der Waals surface area contributed by atoms with E-state index in [1.165, 1.54) is 0 Å². The highest BCUT2D eigenvalue weighted by atomic mass is 16.1. The van der Waals surface area contributed by atoms with Crippen LogP contribution in [0.3, 0.4) is 0 Å². The third-order valence-electron chi connectivity index (χ3n) is 3.94. The first kappa shape index (κ1) is 15.8.